The highest BCUT2D eigenvalue weighted by Crippen LogP contribution is 2.43. The summed E-state index contributed by atoms with van der Waals surface area (Å²) < 4.78 is 33.2. The number of rotatable bonds is 38. The highest BCUT2D eigenvalue weighted by molar-refractivity contribution is 7.47. The molecule has 0 fully saturated rings. The van der Waals surface area contributed by atoms with Crippen LogP contribution in [0, 0.1) is 0 Å². The fraction of sp³-hybridized carbons (Fsp3) is 0.921. The summed E-state index contributed by atoms with van der Waals surface area (Å²) in [6.45, 7) is 3.50. The maximum absolute atomic E-state index is 12.5. The molecule has 3 N–H and O–H groups in total. The first-order valence-corrected chi connectivity index (χ1v) is 21.2. The van der Waals surface area contributed by atoms with E-state index in [1.165, 1.54) is 116 Å². The summed E-state index contributed by atoms with van der Waals surface area (Å²) in [6.07, 6.45) is 33.1. The molecule has 0 rings (SSSR count). The highest BCUT2D eigenvalue weighted by atomic mass is 31.2. The Bertz CT molecular complexity index is 764. The van der Waals surface area contributed by atoms with Crippen LogP contribution in [-0.2, 0) is 27.9 Å². The van der Waals surface area contributed by atoms with Crippen molar-refractivity contribution in [3.8, 4) is 0 Å². The van der Waals surface area contributed by atoms with Crippen LogP contribution in [0.5, 0.6) is 0 Å². The fourth-order valence-corrected chi connectivity index (χ4v) is 6.20. The van der Waals surface area contributed by atoms with Crippen LogP contribution in [-0.4, -0.2) is 66.3 Å². The topological polar surface area (TPSA) is 132 Å². The van der Waals surface area contributed by atoms with E-state index in [0.717, 1.165) is 44.9 Å². The van der Waals surface area contributed by atoms with Crippen molar-refractivity contribution in [2.45, 2.75) is 193 Å². The number of aliphatic hydroxyl groups is 2. The van der Waals surface area contributed by atoms with Gasteiger partial charge in [-0.15, -0.1) is 0 Å². The molecule has 10 heteroatoms. The summed E-state index contributed by atoms with van der Waals surface area (Å²) in [5.74, 6) is -0.385. The van der Waals surface area contributed by atoms with Gasteiger partial charge in [0.1, 0.15) is 12.2 Å². The zero-order valence-electron chi connectivity index (χ0n) is 31.0. The number of phosphoric acid groups is 1. The van der Waals surface area contributed by atoms with Crippen molar-refractivity contribution >= 4 is 13.8 Å². The molecule has 0 aromatic carbocycles. The molecule has 0 heterocycles. The summed E-state index contributed by atoms with van der Waals surface area (Å²) in [4.78, 5) is 22.4. The van der Waals surface area contributed by atoms with Crippen molar-refractivity contribution in [3.63, 3.8) is 0 Å². The molecule has 0 aromatic heterocycles. The molecule has 0 aliphatic carbocycles. The Labute approximate surface area is 294 Å². The third-order valence-electron chi connectivity index (χ3n) is 8.45. The van der Waals surface area contributed by atoms with E-state index in [4.69, 9.17) is 23.6 Å². The molecule has 3 atom stereocenters. The lowest BCUT2D eigenvalue weighted by atomic mass is 10.1. The van der Waals surface area contributed by atoms with Crippen LogP contribution in [0.2, 0.25) is 0 Å². The minimum absolute atomic E-state index is 0.0498. The quantitative estimate of drug-likeness (QED) is 0.0248. The zero-order valence-corrected chi connectivity index (χ0v) is 31.9. The number of allylic oxidation sites excluding steroid dienone is 2. The number of aliphatic hydroxyl groups excluding tert-OH is 2. The molecule has 0 aliphatic heterocycles. The van der Waals surface area contributed by atoms with E-state index in [1.54, 1.807) is 0 Å². The van der Waals surface area contributed by atoms with Crippen LogP contribution >= 0.6 is 7.82 Å². The minimum Gasteiger partial charge on any atom is -0.457 e. The van der Waals surface area contributed by atoms with Gasteiger partial charge in [0.2, 0.25) is 0 Å². The first kappa shape index (κ1) is 47.2. The Hall–Kier alpha value is -0.800. The molecular weight excluding hydrogens is 631 g/mol. The first-order chi connectivity index (χ1) is 23.3. The molecule has 0 aliphatic rings. The molecule has 0 spiro atoms. The molecule has 0 bridgehead atoms. The van der Waals surface area contributed by atoms with Gasteiger partial charge in [0, 0.05) is 13.0 Å². The number of phosphoric ester groups is 1. The maximum atomic E-state index is 12.5. The van der Waals surface area contributed by atoms with Crippen LogP contribution in [0.1, 0.15) is 181 Å². The van der Waals surface area contributed by atoms with Gasteiger partial charge in [-0.3, -0.25) is 13.8 Å². The molecule has 9 nitrogen and oxygen atoms in total. The van der Waals surface area contributed by atoms with Gasteiger partial charge in [0.15, 0.2) is 0 Å². The summed E-state index contributed by atoms with van der Waals surface area (Å²) in [5, 5.41) is 18.3. The standard InChI is InChI=1S/C38H75O9P/c1-3-5-7-9-11-13-15-16-17-18-19-20-21-23-25-27-29-31-44-34-37(35-46-48(42,43)45-33-36(40)32-39)47-38(41)30-28-26-24-22-14-12-10-8-6-4-2/h17-18,36-37,39-40H,3-16,19-35H2,1-2H3,(H,42,43)/b18-17-. The van der Waals surface area contributed by atoms with Crippen molar-refractivity contribution < 1.29 is 43.0 Å². The Balaban J connectivity index is 4.16. The fourth-order valence-electron chi connectivity index (χ4n) is 5.41. The van der Waals surface area contributed by atoms with E-state index in [1.807, 2.05) is 0 Å². The SMILES string of the molecule is CCCCCCCCC/C=C\CCCCCCCCOCC(COP(=O)(O)OCC(O)CO)OC(=O)CCCCCCCCCCCC. The van der Waals surface area contributed by atoms with Gasteiger partial charge in [0.05, 0.1) is 26.4 Å². The lowest BCUT2D eigenvalue weighted by molar-refractivity contribution is -0.154. The Morgan fingerprint density at radius 3 is 1.56 bits per heavy atom. The smallest absolute Gasteiger partial charge is 0.457 e. The van der Waals surface area contributed by atoms with Gasteiger partial charge >= 0.3 is 13.8 Å². The maximum Gasteiger partial charge on any atom is 0.472 e. The van der Waals surface area contributed by atoms with Crippen LogP contribution in [0.3, 0.4) is 0 Å². The highest BCUT2D eigenvalue weighted by Gasteiger charge is 2.26. The normalized spacial score (nSPS) is 14.4. The lowest BCUT2D eigenvalue weighted by Gasteiger charge is -2.20. The van der Waals surface area contributed by atoms with Crippen molar-refractivity contribution in [1.82, 2.24) is 0 Å². The van der Waals surface area contributed by atoms with Gasteiger partial charge < -0.3 is 24.6 Å². The minimum atomic E-state index is -4.50. The van der Waals surface area contributed by atoms with Crippen molar-refractivity contribution in [2.24, 2.45) is 0 Å². The van der Waals surface area contributed by atoms with Crippen molar-refractivity contribution in [2.75, 3.05) is 33.0 Å². The number of esters is 1. The van der Waals surface area contributed by atoms with Gasteiger partial charge in [-0.05, 0) is 38.5 Å². The summed E-state index contributed by atoms with van der Waals surface area (Å²) in [5.41, 5.74) is 0. The Kier molecular flexibility index (Phi) is 35.4. The van der Waals surface area contributed by atoms with Gasteiger partial charge in [-0.2, -0.15) is 0 Å². The molecule has 3 unspecified atom stereocenters. The molecule has 0 amide bonds. The van der Waals surface area contributed by atoms with Crippen molar-refractivity contribution in [3.05, 3.63) is 12.2 Å². The van der Waals surface area contributed by atoms with E-state index < -0.39 is 33.2 Å². The molecule has 0 saturated carbocycles. The van der Waals surface area contributed by atoms with Gasteiger partial charge in [0.25, 0.3) is 0 Å². The summed E-state index contributed by atoms with van der Waals surface area (Å²) in [6, 6.07) is 0. The summed E-state index contributed by atoms with van der Waals surface area (Å²) >= 11 is 0. The molecular formula is C38H75O9P. The third kappa shape index (κ3) is 35.0. The molecule has 0 radical (unpaired) electrons. The van der Waals surface area contributed by atoms with E-state index in [-0.39, 0.29) is 25.6 Å². The predicted molar refractivity (Wildman–Crippen MR) is 196 cm³/mol. The number of hydrogen-bond donors (Lipinski definition) is 3. The number of ether oxygens (including phenoxy) is 2. The van der Waals surface area contributed by atoms with Gasteiger partial charge in [-0.25, -0.2) is 4.57 Å². The number of carbonyl (C=O) groups is 1. The molecule has 48 heavy (non-hydrogen) atoms. The number of unbranched alkanes of at least 4 members (excludes halogenated alkanes) is 22. The lowest BCUT2D eigenvalue weighted by Crippen LogP contribution is -2.29. The second kappa shape index (κ2) is 36.0. The number of hydrogen-bond acceptors (Lipinski definition) is 8. The van der Waals surface area contributed by atoms with Crippen molar-refractivity contribution in [1.29, 1.82) is 0 Å². The Morgan fingerprint density at radius 1 is 0.625 bits per heavy atom. The third-order valence-corrected chi connectivity index (χ3v) is 9.40. The summed E-state index contributed by atoms with van der Waals surface area (Å²) in [7, 11) is -4.50. The largest absolute Gasteiger partial charge is 0.472 e. The molecule has 0 aromatic rings. The second-order valence-electron chi connectivity index (χ2n) is 13.3. The van der Waals surface area contributed by atoms with Crippen LogP contribution < -0.4 is 0 Å². The molecule has 0 saturated heterocycles. The zero-order chi connectivity index (χ0) is 35.4. The van der Waals surface area contributed by atoms with E-state index >= 15 is 0 Å². The van der Waals surface area contributed by atoms with E-state index in [0.29, 0.717) is 6.61 Å². The van der Waals surface area contributed by atoms with E-state index in [2.05, 4.69) is 26.0 Å². The predicted octanol–water partition coefficient (Wildman–Crippen LogP) is 10.1. The average molecular weight is 707 g/mol. The van der Waals surface area contributed by atoms with Gasteiger partial charge in [-0.1, -0.05) is 148 Å². The van der Waals surface area contributed by atoms with Crippen LogP contribution in [0.15, 0.2) is 12.2 Å². The van der Waals surface area contributed by atoms with Crippen LogP contribution in [0.4, 0.5) is 0 Å². The van der Waals surface area contributed by atoms with E-state index in [9.17, 15) is 19.4 Å². The Morgan fingerprint density at radius 2 is 1.06 bits per heavy atom. The van der Waals surface area contributed by atoms with Crippen LogP contribution in [0.25, 0.3) is 0 Å². The monoisotopic (exact) mass is 707 g/mol. The number of carbonyl (C=O) groups excluding carboxylic acids is 1. The first-order valence-electron chi connectivity index (χ1n) is 19.7. The average Bonchev–Trinajstić information content (AvgIpc) is 3.07. The second-order valence-corrected chi connectivity index (χ2v) is 14.8. The molecule has 286 valence electrons.